The number of benzene rings is 2. The number of amides is 2. The summed E-state index contributed by atoms with van der Waals surface area (Å²) in [6.07, 6.45) is 4.13. The number of piperidine rings is 1. The number of nitrogens with zero attached hydrogens (tertiary/aromatic N) is 2. The Morgan fingerprint density at radius 3 is 2.55 bits per heavy atom. The van der Waals surface area contributed by atoms with Gasteiger partial charge in [-0.3, -0.25) is 9.59 Å². The molecule has 2 amide bonds. The molecule has 2 heterocycles. The van der Waals surface area contributed by atoms with Gasteiger partial charge >= 0.3 is 0 Å². The molecular formula is C25H31N3O3. The molecule has 0 aromatic heterocycles. The average molecular weight is 422 g/mol. The topological polar surface area (TPSA) is 61.9 Å². The summed E-state index contributed by atoms with van der Waals surface area (Å²) in [5.74, 6) is -0.196. The van der Waals surface area contributed by atoms with Crippen LogP contribution >= 0.6 is 0 Å². The zero-order valence-electron chi connectivity index (χ0n) is 18.2. The number of carbonyl (C=O) groups is 2. The van der Waals surface area contributed by atoms with E-state index >= 15 is 0 Å². The van der Waals surface area contributed by atoms with Gasteiger partial charge in [-0.25, -0.2) is 0 Å². The maximum atomic E-state index is 13.2. The molecule has 6 heteroatoms. The van der Waals surface area contributed by atoms with Crippen LogP contribution in [0.5, 0.6) is 0 Å². The second kappa shape index (κ2) is 9.96. The molecule has 1 N–H and O–H groups in total. The maximum absolute atomic E-state index is 13.2. The number of anilines is 1. The fraction of sp³-hybridized carbons (Fsp3) is 0.440. The smallest absolute Gasteiger partial charge is 0.247 e. The first-order valence-electron chi connectivity index (χ1n) is 11.1. The highest BCUT2D eigenvalue weighted by Gasteiger charge is 2.36. The van der Waals surface area contributed by atoms with Crippen LogP contribution in [0.4, 0.5) is 5.69 Å². The van der Waals surface area contributed by atoms with E-state index in [4.69, 9.17) is 4.74 Å². The van der Waals surface area contributed by atoms with Crippen LogP contribution in [0.2, 0.25) is 0 Å². The molecule has 0 spiro atoms. The largest absolute Gasteiger partial charge is 0.383 e. The number of ether oxygens (including phenoxy) is 1. The normalized spacial score (nSPS) is 18.6. The molecule has 0 saturated carbocycles. The van der Waals surface area contributed by atoms with Crippen LogP contribution in [-0.4, -0.2) is 50.1 Å². The zero-order chi connectivity index (χ0) is 21.6. The molecule has 164 valence electrons. The summed E-state index contributed by atoms with van der Waals surface area (Å²) in [5.41, 5.74) is 4.11. The molecule has 2 aromatic carbocycles. The molecule has 0 bridgehead atoms. The molecule has 4 rings (SSSR count). The molecular weight excluding hydrogens is 390 g/mol. The lowest BCUT2D eigenvalue weighted by Crippen LogP contribution is -2.48. The Balaban J connectivity index is 1.45. The van der Waals surface area contributed by atoms with Crippen LogP contribution in [0.15, 0.2) is 48.5 Å². The molecule has 1 saturated heterocycles. The predicted octanol–water partition coefficient (Wildman–Crippen LogP) is 3.07. The Labute approximate surface area is 184 Å². The van der Waals surface area contributed by atoms with E-state index in [1.54, 1.807) is 12.0 Å². The number of hydrogen-bond donors (Lipinski definition) is 1. The lowest BCUT2D eigenvalue weighted by atomic mass is 9.91. The highest BCUT2D eigenvalue weighted by molar-refractivity contribution is 5.92. The monoisotopic (exact) mass is 421 g/mol. The standard InChI is InChI=1S/C25H31N3O3/c1-31-16-15-28-23(29)17-20-7-3-4-8-22(20)24(28)25(30)26-18-19-9-11-21(12-10-19)27-13-5-2-6-14-27/h3-4,7-12,24H,2,5-6,13-18H2,1H3,(H,26,30)/t24-/m0/s1. The first-order valence-corrected chi connectivity index (χ1v) is 11.1. The third kappa shape index (κ3) is 4.90. The van der Waals surface area contributed by atoms with Gasteiger partial charge in [-0.2, -0.15) is 0 Å². The summed E-state index contributed by atoms with van der Waals surface area (Å²) in [7, 11) is 1.60. The third-order valence-corrected chi connectivity index (χ3v) is 6.23. The highest BCUT2D eigenvalue weighted by Crippen LogP contribution is 2.30. The number of hydrogen-bond acceptors (Lipinski definition) is 4. The molecule has 0 radical (unpaired) electrons. The molecule has 2 aromatic rings. The van der Waals surface area contributed by atoms with Crippen molar-refractivity contribution in [3.8, 4) is 0 Å². The maximum Gasteiger partial charge on any atom is 0.247 e. The van der Waals surface area contributed by atoms with Crippen molar-refractivity contribution in [3.63, 3.8) is 0 Å². The van der Waals surface area contributed by atoms with E-state index < -0.39 is 6.04 Å². The van der Waals surface area contributed by atoms with Crippen LogP contribution in [0.3, 0.4) is 0 Å². The van der Waals surface area contributed by atoms with Crippen LogP contribution in [-0.2, 0) is 27.3 Å². The lowest BCUT2D eigenvalue weighted by Gasteiger charge is -2.36. The number of carbonyl (C=O) groups excluding carboxylic acids is 2. The second-order valence-corrected chi connectivity index (χ2v) is 8.29. The summed E-state index contributed by atoms with van der Waals surface area (Å²) in [4.78, 5) is 30.0. The van der Waals surface area contributed by atoms with Gasteiger partial charge in [0, 0.05) is 39.0 Å². The minimum absolute atomic E-state index is 0.0400. The Bertz CT molecular complexity index is 906. The summed E-state index contributed by atoms with van der Waals surface area (Å²) in [5, 5.41) is 3.05. The van der Waals surface area contributed by atoms with Crippen molar-refractivity contribution < 1.29 is 14.3 Å². The minimum atomic E-state index is -0.625. The SMILES string of the molecule is COCCN1C(=O)Cc2ccccc2[C@H]1C(=O)NCc1ccc(N2CCCCC2)cc1. The van der Waals surface area contributed by atoms with E-state index in [2.05, 4.69) is 34.5 Å². The van der Waals surface area contributed by atoms with Gasteiger partial charge in [0.15, 0.2) is 0 Å². The fourth-order valence-electron chi connectivity index (χ4n) is 4.53. The van der Waals surface area contributed by atoms with E-state index in [1.165, 1.54) is 24.9 Å². The quantitative estimate of drug-likeness (QED) is 0.746. The van der Waals surface area contributed by atoms with Gasteiger partial charge in [0.25, 0.3) is 0 Å². The van der Waals surface area contributed by atoms with E-state index in [9.17, 15) is 9.59 Å². The fourth-order valence-corrected chi connectivity index (χ4v) is 4.53. The lowest BCUT2D eigenvalue weighted by molar-refractivity contribution is -0.142. The molecule has 6 nitrogen and oxygen atoms in total. The minimum Gasteiger partial charge on any atom is -0.383 e. The number of rotatable bonds is 7. The molecule has 1 fully saturated rings. The van der Waals surface area contributed by atoms with Crippen molar-refractivity contribution in [2.24, 2.45) is 0 Å². The zero-order valence-corrected chi connectivity index (χ0v) is 18.2. The first-order chi connectivity index (χ1) is 15.2. The Morgan fingerprint density at radius 1 is 1.06 bits per heavy atom. The summed E-state index contributed by atoms with van der Waals surface area (Å²) in [6, 6.07) is 15.5. The molecule has 2 aliphatic heterocycles. The van der Waals surface area contributed by atoms with Crippen LogP contribution in [0.1, 0.15) is 42.0 Å². The van der Waals surface area contributed by atoms with Crippen molar-refractivity contribution in [1.29, 1.82) is 0 Å². The van der Waals surface area contributed by atoms with E-state index in [1.807, 2.05) is 24.3 Å². The van der Waals surface area contributed by atoms with E-state index in [0.717, 1.165) is 29.8 Å². The molecule has 0 unspecified atom stereocenters. The van der Waals surface area contributed by atoms with Crippen LogP contribution < -0.4 is 10.2 Å². The highest BCUT2D eigenvalue weighted by atomic mass is 16.5. The van der Waals surface area contributed by atoms with E-state index in [0.29, 0.717) is 26.1 Å². The average Bonchev–Trinajstić information content (AvgIpc) is 2.82. The van der Waals surface area contributed by atoms with Crippen molar-refractivity contribution >= 4 is 17.5 Å². The number of fused-ring (bicyclic) bond motifs is 1. The van der Waals surface area contributed by atoms with Gasteiger partial charge in [0.1, 0.15) is 6.04 Å². The first kappa shape index (κ1) is 21.4. The van der Waals surface area contributed by atoms with Gasteiger partial charge in [0.2, 0.25) is 11.8 Å². The Hall–Kier alpha value is -2.86. The van der Waals surface area contributed by atoms with Crippen molar-refractivity contribution in [3.05, 3.63) is 65.2 Å². The van der Waals surface area contributed by atoms with Gasteiger partial charge in [0.05, 0.1) is 13.0 Å². The van der Waals surface area contributed by atoms with Gasteiger partial charge in [-0.15, -0.1) is 0 Å². The Kier molecular flexibility index (Phi) is 6.87. The third-order valence-electron chi connectivity index (χ3n) is 6.23. The molecule has 31 heavy (non-hydrogen) atoms. The van der Waals surface area contributed by atoms with Crippen LogP contribution in [0, 0.1) is 0 Å². The summed E-state index contributed by atoms with van der Waals surface area (Å²) < 4.78 is 5.17. The van der Waals surface area contributed by atoms with Crippen molar-refractivity contribution in [2.45, 2.75) is 38.3 Å². The van der Waals surface area contributed by atoms with Crippen molar-refractivity contribution in [2.75, 3.05) is 38.3 Å². The van der Waals surface area contributed by atoms with Crippen molar-refractivity contribution in [1.82, 2.24) is 10.2 Å². The van der Waals surface area contributed by atoms with Crippen LogP contribution in [0.25, 0.3) is 0 Å². The van der Waals surface area contributed by atoms with Gasteiger partial charge in [-0.1, -0.05) is 36.4 Å². The van der Waals surface area contributed by atoms with Gasteiger partial charge < -0.3 is 19.9 Å². The molecule has 2 aliphatic rings. The summed E-state index contributed by atoms with van der Waals surface area (Å²) in [6.45, 7) is 3.46. The number of methoxy groups -OCH3 is 1. The predicted molar refractivity (Wildman–Crippen MR) is 121 cm³/mol. The molecule has 0 aliphatic carbocycles. The molecule has 1 atom stereocenters. The van der Waals surface area contributed by atoms with Gasteiger partial charge in [-0.05, 0) is 48.1 Å². The second-order valence-electron chi connectivity index (χ2n) is 8.29. The number of nitrogens with one attached hydrogen (secondary N) is 1. The van der Waals surface area contributed by atoms with E-state index in [-0.39, 0.29) is 11.8 Å². The summed E-state index contributed by atoms with van der Waals surface area (Å²) >= 11 is 0. The Morgan fingerprint density at radius 2 is 1.81 bits per heavy atom.